The fourth-order valence-electron chi connectivity index (χ4n) is 3.41. The van der Waals surface area contributed by atoms with E-state index in [2.05, 4.69) is 5.32 Å². The van der Waals surface area contributed by atoms with Crippen LogP contribution in [0.2, 0.25) is 0 Å². The van der Waals surface area contributed by atoms with Gasteiger partial charge >= 0.3 is 0 Å². The number of ether oxygens (including phenoxy) is 1. The Kier molecular flexibility index (Phi) is 6.81. The molecule has 2 aromatic rings. The van der Waals surface area contributed by atoms with Crippen molar-refractivity contribution in [3.63, 3.8) is 0 Å². The molecule has 0 radical (unpaired) electrons. The van der Waals surface area contributed by atoms with Gasteiger partial charge in [0.2, 0.25) is 0 Å². The molecule has 158 valence electrons. The largest absolute Gasteiger partial charge is 0.507 e. The van der Waals surface area contributed by atoms with Crippen molar-refractivity contribution in [3.8, 4) is 5.75 Å². The number of aliphatic hydroxyl groups is 2. The van der Waals surface area contributed by atoms with Gasteiger partial charge in [-0.15, -0.1) is 0 Å². The van der Waals surface area contributed by atoms with Crippen LogP contribution in [0.25, 0.3) is 5.76 Å². The minimum atomic E-state index is -0.808. The molecule has 1 fully saturated rings. The van der Waals surface area contributed by atoms with Crippen LogP contribution in [-0.4, -0.2) is 60.2 Å². The topological polar surface area (TPSA) is 99.1 Å². The monoisotopic (exact) mass is 414 g/mol. The highest BCUT2D eigenvalue weighted by atomic mass is 19.1. The lowest BCUT2D eigenvalue weighted by Crippen LogP contribution is -2.36. The number of hydrogen-bond acceptors (Lipinski definition) is 6. The number of nitrogens with one attached hydrogen (secondary N) is 1. The van der Waals surface area contributed by atoms with Gasteiger partial charge in [-0.05, 0) is 42.0 Å². The van der Waals surface area contributed by atoms with Gasteiger partial charge in [0, 0.05) is 25.2 Å². The third-order valence-electron chi connectivity index (χ3n) is 4.91. The smallest absolute Gasteiger partial charge is 0.295 e. The molecule has 0 saturated carbocycles. The molecule has 1 aliphatic heterocycles. The summed E-state index contributed by atoms with van der Waals surface area (Å²) >= 11 is 0. The zero-order valence-corrected chi connectivity index (χ0v) is 16.5. The molecule has 1 amide bonds. The lowest BCUT2D eigenvalue weighted by atomic mass is 9.95. The maximum absolute atomic E-state index is 13.3. The average molecular weight is 414 g/mol. The summed E-state index contributed by atoms with van der Waals surface area (Å²) in [5, 5.41) is 22.7. The lowest BCUT2D eigenvalue weighted by Gasteiger charge is -2.25. The average Bonchev–Trinajstić information content (AvgIpc) is 3.01. The van der Waals surface area contributed by atoms with E-state index in [0.717, 1.165) is 0 Å². The molecule has 0 spiro atoms. The Morgan fingerprint density at radius 3 is 2.37 bits per heavy atom. The van der Waals surface area contributed by atoms with E-state index in [0.29, 0.717) is 24.4 Å². The highest BCUT2D eigenvalue weighted by Crippen LogP contribution is 2.39. The molecule has 3 rings (SSSR count). The van der Waals surface area contributed by atoms with Crippen molar-refractivity contribution < 1.29 is 28.9 Å². The van der Waals surface area contributed by atoms with Crippen molar-refractivity contribution in [1.29, 1.82) is 0 Å². The number of Topliss-reactive ketones (excluding diaryl/α,β-unsaturated/α-hetero) is 1. The lowest BCUT2D eigenvalue weighted by molar-refractivity contribution is -0.139. The van der Waals surface area contributed by atoms with Gasteiger partial charge in [-0.2, -0.15) is 0 Å². The second kappa shape index (κ2) is 9.51. The van der Waals surface area contributed by atoms with E-state index in [1.54, 1.807) is 24.3 Å². The van der Waals surface area contributed by atoms with Crippen molar-refractivity contribution in [1.82, 2.24) is 10.2 Å². The van der Waals surface area contributed by atoms with Crippen molar-refractivity contribution in [2.75, 3.05) is 33.4 Å². The molecule has 0 bridgehead atoms. The first-order valence-electron chi connectivity index (χ1n) is 9.47. The van der Waals surface area contributed by atoms with Crippen molar-refractivity contribution in [3.05, 3.63) is 71.0 Å². The second-order valence-electron chi connectivity index (χ2n) is 6.75. The normalized spacial score (nSPS) is 18.1. The number of methoxy groups -OCH3 is 1. The minimum Gasteiger partial charge on any atom is -0.507 e. The summed E-state index contributed by atoms with van der Waals surface area (Å²) in [5.41, 5.74) is 0.811. The van der Waals surface area contributed by atoms with E-state index in [-0.39, 0.29) is 30.0 Å². The molecule has 1 saturated heterocycles. The number of halogens is 1. The fraction of sp³-hybridized carbons (Fsp3) is 0.273. The molecule has 8 heteroatoms. The zero-order chi connectivity index (χ0) is 21.7. The number of likely N-dealkylation sites (tertiary alicyclic amines) is 1. The molecule has 0 aliphatic carbocycles. The molecular formula is C22H23FN2O5. The first kappa shape index (κ1) is 21.5. The molecular weight excluding hydrogens is 391 g/mol. The third-order valence-corrected chi connectivity index (χ3v) is 4.91. The predicted octanol–water partition coefficient (Wildman–Crippen LogP) is 1.84. The molecule has 1 aliphatic rings. The van der Waals surface area contributed by atoms with Crippen LogP contribution in [-0.2, 0) is 9.59 Å². The van der Waals surface area contributed by atoms with Crippen LogP contribution in [0.3, 0.4) is 0 Å². The number of benzene rings is 2. The SMILES string of the molecule is COc1ccc([C@H]2C(=C(O)c3ccc(F)cc3)C(=O)C(=O)N2CCNCCO)cc1. The number of nitrogens with zero attached hydrogens (tertiary/aromatic N) is 1. The van der Waals surface area contributed by atoms with E-state index in [1.807, 2.05) is 0 Å². The standard InChI is InChI=1S/C22H23FN2O5/c1-30-17-8-4-14(5-9-17)19-18(20(27)15-2-6-16(23)7-3-15)21(28)22(29)25(19)12-10-24-11-13-26/h2-9,19,24,26-27H,10-13H2,1H3/t19-/m0/s1. The number of aliphatic hydroxyl groups excluding tert-OH is 2. The number of hydrogen-bond donors (Lipinski definition) is 3. The number of carbonyl (C=O) groups is 2. The van der Waals surface area contributed by atoms with Gasteiger partial charge in [0.1, 0.15) is 17.3 Å². The number of amides is 1. The molecule has 1 heterocycles. The van der Waals surface area contributed by atoms with Gasteiger partial charge in [0.05, 0.1) is 25.3 Å². The summed E-state index contributed by atoms with van der Waals surface area (Å²) in [7, 11) is 1.53. The fourth-order valence-corrected chi connectivity index (χ4v) is 3.41. The molecule has 30 heavy (non-hydrogen) atoms. The zero-order valence-electron chi connectivity index (χ0n) is 16.5. The highest BCUT2D eigenvalue weighted by Gasteiger charge is 2.45. The summed E-state index contributed by atoms with van der Waals surface area (Å²) in [6.07, 6.45) is 0. The Labute approximate surface area is 173 Å². The summed E-state index contributed by atoms with van der Waals surface area (Å²) in [6.45, 7) is 0.857. The number of rotatable bonds is 8. The van der Waals surface area contributed by atoms with Gasteiger partial charge in [0.15, 0.2) is 0 Å². The summed E-state index contributed by atoms with van der Waals surface area (Å²) in [4.78, 5) is 26.9. The molecule has 0 unspecified atom stereocenters. The van der Waals surface area contributed by atoms with Crippen molar-refractivity contribution >= 4 is 17.4 Å². The third kappa shape index (κ3) is 4.34. The molecule has 3 N–H and O–H groups in total. The molecule has 0 aromatic heterocycles. The van der Waals surface area contributed by atoms with E-state index in [1.165, 1.54) is 36.3 Å². The Bertz CT molecular complexity index is 941. The maximum atomic E-state index is 13.3. The van der Waals surface area contributed by atoms with Crippen LogP contribution in [0.5, 0.6) is 5.75 Å². The van der Waals surface area contributed by atoms with Crippen molar-refractivity contribution in [2.24, 2.45) is 0 Å². The summed E-state index contributed by atoms with van der Waals surface area (Å²) < 4.78 is 18.4. The Morgan fingerprint density at radius 2 is 1.77 bits per heavy atom. The molecule has 7 nitrogen and oxygen atoms in total. The van der Waals surface area contributed by atoms with Crippen LogP contribution in [0.15, 0.2) is 54.1 Å². The predicted molar refractivity (Wildman–Crippen MR) is 108 cm³/mol. The second-order valence-corrected chi connectivity index (χ2v) is 6.75. The summed E-state index contributed by atoms with van der Waals surface area (Å²) in [5.74, 6) is -1.77. The maximum Gasteiger partial charge on any atom is 0.295 e. The molecule has 1 atom stereocenters. The van der Waals surface area contributed by atoms with Gasteiger partial charge in [0.25, 0.3) is 11.7 Å². The van der Waals surface area contributed by atoms with Gasteiger partial charge in [-0.1, -0.05) is 12.1 Å². The first-order valence-corrected chi connectivity index (χ1v) is 9.47. The Balaban J connectivity index is 2.05. The van der Waals surface area contributed by atoms with E-state index >= 15 is 0 Å². The molecule has 2 aromatic carbocycles. The summed E-state index contributed by atoms with van der Waals surface area (Å²) in [6, 6.07) is 11.1. The first-order chi connectivity index (χ1) is 14.5. The quantitative estimate of drug-likeness (QED) is 0.264. The van der Waals surface area contributed by atoms with Crippen LogP contribution in [0.1, 0.15) is 17.2 Å². The minimum absolute atomic E-state index is 0.0503. The Hall–Kier alpha value is -3.23. The van der Waals surface area contributed by atoms with Crippen molar-refractivity contribution in [2.45, 2.75) is 6.04 Å². The van der Waals surface area contributed by atoms with Crippen LogP contribution >= 0.6 is 0 Å². The Morgan fingerprint density at radius 1 is 1.10 bits per heavy atom. The number of ketones is 1. The van der Waals surface area contributed by atoms with E-state index in [4.69, 9.17) is 9.84 Å². The van der Waals surface area contributed by atoms with E-state index in [9.17, 15) is 19.1 Å². The van der Waals surface area contributed by atoms with E-state index < -0.39 is 23.5 Å². The van der Waals surface area contributed by atoms with Gasteiger partial charge in [-0.25, -0.2) is 4.39 Å². The number of carbonyl (C=O) groups excluding carboxylic acids is 2. The van der Waals surface area contributed by atoms with Gasteiger partial charge in [-0.3, -0.25) is 9.59 Å². The van der Waals surface area contributed by atoms with Crippen LogP contribution in [0.4, 0.5) is 4.39 Å². The van der Waals surface area contributed by atoms with Gasteiger partial charge < -0.3 is 25.2 Å². The van der Waals surface area contributed by atoms with Crippen LogP contribution in [0, 0.1) is 5.82 Å². The van der Waals surface area contributed by atoms with Crippen LogP contribution < -0.4 is 10.1 Å². The highest BCUT2D eigenvalue weighted by molar-refractivity contribution is 6.46.